The molecule has 1 rings (SSSR count). The predicted octanol–water partition coefficient (Wildman–Crippen LogP) is 2.15. The van der Waals surface area contributed by atoms with Gasteiger partial charge in [0, 0.05) is 0 Å². The highest BCUT2D eigenvalue weighted by atomic mass is 16.5. The van der Waals surface area contributed by atoms with E-state index < -0.39 is 0 Å². The Hall–Kier alpha value is -1.18. The molecule has 53 valence electrons. The van der Waals surface area contributed by atoms with E-state index in [1.807, 2.05) is 13.0 Å². The van der Waals surface area contributed by atoms with Gasteiger partial charge in [-0.25, -0.2) is 0 Å². The summed E-state index contributed by atoms with van der Waals surface area (Å²) in [7, 11) is 1.50. The number of ether oxygens (including phenoxy) is 1. The van der Waals surface area contributed by atoms with Gasteiger partial charge in [-0.2, -0.15) is 0 Å². The van der Waals surface area contributed by atoms with Crippen LogP contribution in [0.2, 0.25) is 0 Å². The number of methoxy groups -OCH3 is 1. The lowest BCUT2D eigenvalue weighted by atomic mass is 10.2. The number of hydrogen-bond donors (Lipinski definition) is 0. The molecule has 2 heteroatoms. The Bertz CT molecular complexity index is 210. The molecule has 1 radical (unpaired) electrons. The zero-order valence-corrected chi connectivity index (χ0v) is 6.05. The SMILES string of the molecule is COc1c(C)cccc1[O]. The lowest BCUT2D eigenvalue weighted by molar-refractivity contribution is 0.314. The van der Waals surface area contributed by atoms with Crippen molar-refractivity contribution in [2.75, 3.05) is 7.11 Å². The summed E-state index contributed by atoms with van der Waals surface area (Å²) in [4.78, 5) is 0. The number of benzene rings is 1. The fourth-order valence-corrected chi connectivity index (χ4v) is 0.887. The Morgan fingerprint density at radius 1 is 1.40 bits per heavy atom. The second kappa shape index (κ2) is 2.60. The van der Waals surface area contributed by atoms with Crippen molar-refractivity contribution in [1.82, 2.24) is 0 Å². The molecule has 0 spiro atoms. The van der Waals surface area contributed by atoms with Gasteiger partial charge in [0.15, 0.2) is 5.75 Å². The minimum absolute atomic E-state index is 0.0532. The van der Waals surface area contributed by atoms with Gasteiger partial charge in [0.1, 0.15) is 0 Å². The quantitative estimate of drug-likeness (QED) is 0.583. The summed E-state index contributed by atoms with van der Waals surface area (Å²) in [5.41, 5.74) is 0.884. The van der Waals surface area contributed by atoms with Crippen molar-refractivity contribution in [1.29, 1.82) is 0 Å². The van der Waals surface area contributed by atoms with E-state index in [9.17, 15) is 5.11 Å². The lowest BCUT2D eigenvalue weighted by Crippen LogP contribution is -1.85. The molecule has 0 saturated carbocycles. The summed E-state index contributed by atoms with van der Waals surface area (Å²) >= 11 is 0. The molecular formula is C8H9O2. The number of rotatable bonds is 1. The number of hydrogen-bond acceptors (Lipinski definition) is 1. The van der Waals surface area contributed by atoms with Gasteiger partial charge in [0.05, 0.1) is 7.11 Å². The average molecular weight is 137 g/mol. The van der Waals surface area contributed by atoms with Gasteiger partial charge in [0.2, 0.25) is 5.75 Å². The lowest BCUT2D eigenvalue weighted by Gasteiger charge is -2.02. The first-order valence-corrected chi connectivity index (χ1v) is 3.06. The van der Waals surface area contributed by atoms with E-state index in [1.165, 1.54) is 13.2 Å². The monoisotopic (exact) mass is 137 g/mol. The van der Waals surface area contributed by atoms with E-state index in [0.29, 0.717) is 5.75 Å². The zero-order valence-electron chi connectivity index (χ0n) is 6.05. The highest BCUT2D eigenvalue weighted by Crippen LogP contribution is 2.28. The zero-order chi connectivity index (χ0) is 7.56. The third kappa shape index (κ3) is 1.05. The molecule has 0 unspecified atom stereocenters. The van der Waals surface area contributed by atoms with Crippen LogP contribution in [0.1, 0.15) is 5.56 Å². The van der Waals surface area contributed by atoms with Crippen molar-refractivity contribution in [2.45, 2.75) is 6.92 Å². The van der Waals surface area contributed by atoms with Crippen molar-refractivity contribution in [2.24, 2.45) is 0 Å². The van der Waals surface area contributed by atoms with Crippen LogP contribution in [0.15, 0.2) is 18.2 Å². The summed E-state index contributed by atoms with van der Waals surface area (Å²) in [6, 6.07) is 5.06. The summed E-state index contributed by atoms with van der Waals surface area (Å²) in [6.07, 6.45) is 0. The van der Waals surface area contributed by atoms with Gasteiger partial charge >= 0.3 is 0 Å². The maximum Gasteiger partial charge on any atom is 0.220 e. The third-order valence-electron chi connectivity index (χ3n) is 1.38. The van der Waals surface area contributed by atoms with Crippen LogP contribution in [0.25, 0.3) is 0 Å². The molecule has 0 aliphatic rings. The standard InChI is InChI=1S/C8H9O2/c1-6-4-3-5-7(9)8(6)10-2/h3-5H,1-2H3. The van der Waals surface area contributed by atoms with Gasteiger partial charge < -0.3 is 4.74 Å². The van der Waals surface area contributed by atoms with E-state index in [0.717, 1.165) is 5.56 Å². The maximum absolute atomic E-state index is 10.9. The molecule has 1 aromatic rings. The number of aryl methyl sites for hydroxylation is 1. The molecule has 0 heterocycles. The molecule has 0 fully saturated rings. The molecule has 0 aromatic heterocycles. The Morgan fingerprint density at radius 3 is 2.50 bits per heavy atom. The Kier molecular flexibility index (Phi) is 1.81. The van der Waals surface area contributed by atoms with E-state index in [4.69, 9.17) is 4.74 Å². The topological polar surface area (TPSA) is 29.1 Å². The summed E-state index contributed by atoms with van der Waals surface area (Å²) in [6.45, 7) is 1.85. The van der Waals surface area contributed by atoms with Gasteiger partial charge in [-0.1, -0.05) is 12.1 Å². The van der Waals surface area contributed by atoms with E-state index in [1.54, 1.807) is 6.07 Å². The summed E-state index contributed by atoms with van der Waals surface area (Å²) in [5, 5.41) is 10.9. The van der Waals surface area contributed by atoms with Crippen molar-refractivity contribution in [3.63, 3.8) is 0 Å². The molecule has 0 aliphatic heterocycles. The molecule has 0 N–H and O–H groups in total. The first-order valence-electron chi connectivity index (χ1n) is 3.06. The van der Waals surface area contributed by atoms with Crippen molar-refractivity contribution in [3.05, 3.63) is 23.8 Å². The maximum atomic E-state index is 10.9. The summed E-state index contributed by atoms with van der Waals surface area (Å²) in [5.74, 6) is 0.394. The third-order valence-corrected chi connectivity index (χ3v) is 1.38. The Morgan fingerprint density at radius 2 is 2.10 bits per heavy atom. The van der Waals surface area contributed by atoms with Crippen molar-refractivity contribution in [3.8, 4) is 11.5 Å². The molecule has 0 aliphatic carbocycles. The van der Waals surface area contributed by atoms with Crippen LogP contribution in [-0.4, -0.2) is 7.11 Å². The van der Waals surface area contributed by atoms with Crippen LogP contribution in [0, 0.1) is 6.92 Å². The first kappa shape index (κ1) is 6.93. The number of para-hydroxylation sites is 1. The molecule has 1 aromatic carbocycles. The molecule has 2 nitrogen and oxygen atoms in total. The van der Waals surface area contributed by atoms with Crippen molar-refractivity contribution < 1.29 is 9.84 Å². The van der Waals surface area contributed by atoms with Crippen LogP contribution < -0.4 is 4.74 Å². The predicted molar refractivity (Wildman–Crippen MR) is 37.9 cm³/mol. The van der Waals surface area contributed by atoms with Crippen molar-refractivity contribution >= 4 is 0 Å². The highest BCUT2D eigenvalue weighted by Gasteiger charge is 2.03. The van der Waals surface area contributed by atoms with Crippen LogP contribution in [0.4, 0.5) is 0 Å². The van der Waals surface area contributed by atoms with Crippen LogP contribution in [-0.2, 0) is 5.11 Å². The second-order valence-electron chi connectivity index (χ2n) is 2.11. The molecule has 0 saturated heterocycles. The molecule has 0 amide bonds. The van der Waals surface area contributed by atoms with Crippen LogP contribution in [0.3, 0.4) is 0 Å². The van der Waals surface area contributed by atoms with Gasteiger partial charge in [-0.3, -0.25) is 5.11 Å². The fraction of sp³-hybridized carbons (Fsp3) is 0.250. The van der Waals surface area contributed by atoms with E-state index in [2.05, 4.69) is 0 Å². The van der Waals surface area contributed by atoms with Gasteiger partial charge in [-0.05, 0) is 18.6 Å². The first-order chi connectivity index (χ1) is 4.75. The Labute approximate surface area is 60.1 Å². The molecule has 10 heavy (non-hydrogen) atoms. The summed E-state index contributed by atoms with van der Waals surface area (Å²) < 4.78 is 4.86. The van der Waals surface area contributed by atoms with E-state index >= 15 is 0 Å². The van der Waals surface area contributed by atoms with Crippen LogP contribution in [0.5, 0.6) is 11.5 Å². The van der Waals surface area contributed by atoms with Gasteiger partial charge in [-0.15, -0.1) is 0 Å². The average Bonchev–Trinajstić information content (AvgIpc) is 1.88. The smallest absolute Gasteiger partial charge is 0.220 e. The largest absolute Gasteiger partial charge is 0.492 e. The van der Waals surface area contributed by atoms with Crippen LogP contribution >= 0.6 is 0 Å². The minimum Gasteiger partial charge on any atom is -0.492 e. The second-order valence-corrected chi connectivity index (χ2v) is 2.11. The normalized spacial score (nSPS) is 9.40. The van der Waals surface area contributed by atoms with Gasteiger partial charge in [0.25, 0.3) is 0 Å². The molecule has 0 bridgehead atoms. The highest BCUT2D eigenvalue weighted by molar-refractivity contribution is 5.44. The Balaban J connectivity index is 3.17. The molecular weight excluding hydrogens is 128 g/mol. The minimum atomic E-state index is -0.0532. The fourth-order valence-electron chi connectivity index (χ4n) is 0.887. The van der Waals surface area contributed by atoms with E-state index in [-0.39, 0.29) is 5.75 Å². The molecule has 0 atom stereocenters.